The van der Waals surface area contributed by atoms with Gasteiger partial charge in [-0.2, -0.15) is 0 Å². The molecular weight excluding hydrogens is 408 g/mol. The Kier molecular flexibility index (Phi) is 5.00. The Balaban J connectivity index is 1.90. The van der Waals surface area contributed by atoms with Crippen LogP contribution in [0.15, 0.2) is 68.0 Å². The Bertz CT molecular complexity index is 1310. The predicted molar refractivity (Wildman–Crippen MR) is 113 cm³/mol. The van der Waals surface area contributed by atoms with E-state index in [-0.39, 0.29) is 22.9 Å². The van der Waals surface area contributed by atoms with E-state index in [1.54, 1.807) is 24.3 Å². The maximum absolute atomic E-state index is 12.5. The Morgan fingerprint density at radius 2 is 2.00 bits per heavy atom. The lowest BCUT2D eigenvalue weighted by Crippen LogP contribution is -2.32. The zero-order valence-corrected chi connectivity index (χ0v) is 16.5. The maximum Gasteiger partial charge on any atom is 0.330 e. The maximum atomic E-state index is 12.5. The number of hydrogen-bond acceptors (Lipinski definition) is 7. The highest BCUT2D eigenvalue weighted by Gasteiger charge is 2.27. The summed E-state index contributed by atoms with van der Waals surface area (Å²) in [7, 11) is 1.34. The zero-order valence-electron chi connectivity index (χ0n) is 15.7. The summed E-state index contributed by atoms with van der Waals surface area (Å²) < 4.78 is 0.936. The van der Waals surface area contributed by atoms with Crippen molar-refractivity contribution in [1.82, 2.24) is 9.55 Å². The fourth-order valence-electron chi connectivity index (χ4n) is 3.26. The minimum Gasteiger partial charge on any atom is -0.494 e. The van der Waals surface area contributed by atoms with E-state index in [4.69, 9.17) is 0 Å². The Labute approximate surface area is 173 Å². The van der Waals surface area contributed by atoms with Gasteiger partial charge < -0.3 is 5.11 Å². The van der Waals surface area contributed by atoms with Crippen LogP contribution >= 0.6 is 11.8 Å². The number of rotatable bonds is 3. The average molecular weight is 424 g/mol. The van der Waals surface area contributed by atoms with E-state index in [1.807, 2.05) is 12.1 Å². The molecule has 10 heteroatoms. The van der Waals surface area contributed by atoms with Gasteiger partial charge in [0.2, 0.25) is 5.88 Å². The molecule has 0 amide bonds. The fraction of sp³-hybridized carbons (Fsp3) is 0.150. The molecule has 0 saturated heterocycles. The van der Waals surface area contributed by atoms with Gasteiger partial charge in [-0.15, -0.1) is 11.8 Å². The van der Waals surface area contributed by atoms with Gasteiger partial charge in [-0.25, -0.2) is 4.79 Å². The summed E-state index contributed by atoms with van der Waals surface area (Å²) >= 11 is 1.47. The molecule has 0 fully saturated rings. The molecule has 1 atom stereocenters. The van der Waals surface area contributed by atoms with Gasteiger partial charge in [0.05, 0.1) is 16.3 Å². The summed E-state index contributed by atoms with van der Waals surface area (Å²) in [5.41, 5.74) is -0.00973. The SMILES string of the molecule is Cn1c(O)c(C2=Nc3ccccc3S[C@@H](c3cccc([N+](=O)[O-])c3)C2)c(=O)[nH]c1=O. The molecule has 0 aliphatic carbocycles. The predicted octanol–water partition coefficient (Wildman–Crippen LogP) is 3.05. The standard InChI is InChI=1S/C20H16N4O5S/c1-23-19(26)17(18(25)22-20(23)27)14-10-16(11-5-4-6-12(9-11)24(28)29)30-15-8-3-2-7-13(15)21-14/h2-9,16,26H,10H2,1H3,(H,22,25,27)/t16-/m1/s1. The highest BCUT2D eigenvalue weighted by Crippen LogP contribution is 2.46. The third kappa shape index (κ3) is 3.52. The molecule has 4 rings (SSSR count). The number of nitro groups is 1. The monoisotopic (exact) mass is 424 g/mol. The van der Waals surface area contributed by atoms with Crippen molar-refractivity contribution in [3.05, 3.63) is 90.6 Å². The molecule has 2 aromatic carbocycles. The van der Waals surface area contributed by atoms with Crippen LogP contribution in [-0.2, 0) is 7.05 Å². The van der Waals surface area contributed by atoms with Gasteiger partial charge in [-0.3, -0.25) is 29.5 Å². The third-order valence-electron chi connectivity index (χ3n) is 4.80. The molecule has 30 heavy (non-hydrogen) atoms. The minimum atomic E-state index is -0.739. The summed E-state index contributed by atoms with van der Waals surface area (Å²) in [5, 5.41) is 21.4. The van der Waals surface area contributed by atoms with Crippen LogP contribution in [0.2, 0.25) is 0 Å². The van der Waals surface area contributed by atoms with Crippen LogP contribution in [0.4, 0.5) is 11.4 Å². The van der Waals surface area contributed by atoms with Gasteiger partial charge in [-0.1, -0.05) is 24.3 Å². The zero-order chi connectivity index (χ0) is 21.4. The van der Waals surface area contributed by atoms with Gasteiger partial charge >= 0.3 is 5.69 Å². The number of hydrogen-bond donors (Lipinski definition) is 2. The lowest BCUT2D eigenvalue weighted by Gasteiger charge is -2.16. The molecular formula is C20H16N4O5S. The van der Waals surface area contributed by atoms with E-state index in [0.29, 0.717) is 17.0 Å². The van der Waals surface area contributed by atoms with Crippen LogP contribution < -0.4 is 11.2 Å². The van der Waals surface area contributed by atoms with Gasteiger partial charge in [0.25, 0.3) is 11.2 Å². The number of nitrogens with one attached hydrogen (secondary N) is 1. The topological polar surface area (TPSA) is 131 Å². The normalized spacial score (nSPS) is 15.8. The van der Waals surface area contributed by atoms with Gasteiger partial charge in [0, 0.05) is 35.7 Å². The van der Waals surface area contributed by atoms with Crippen LogP contribution in [0.5, 0.6) is 5.88 Å². The molecule has 0 spiro atoms. The minimum absolute atomic E-state index is 0.0353. The van der Waals surface area contributed by atoms with Gasteiger partial charge in [-0.05, 0) is 17.7 Å². The molecule has 0 radical (unpaired) electrons. The number of aliphatic imine (C=N–C) groups is 1. The average Bonchev–Trinajstić information content (AvgIpc) is 2.92. The first kappa shape index (κ1) is 19.6. The van der Waals surface area contributed by atoms with Crippen LogP contribution in [0.3, 0.4) is 0 Å². The Hall–Kier alpha value is -3.66. The van der Waals surface area contributed by atoms with Gasteiger partial charge in [0.1, 0.15) is 5.56 Å². The van der Waals surface area contributed by atoms with E-state index >= 15 is 0 Å². The molecule has 3 aromatic rings. The molecule has 0 bridgehead atoms. The van der Waals surface area contributed by atoms with Crippen molar-refractivity contribution in [1.29, 1.82) is 0 Å². The van der Waals surface area contributed by atoms with Crippen molar-refractivity contribution in [3.63, 3.8) is 0 Å². The number of aromatic amines is 1. The highest BCUT2D eigenvalue weighted by atomic mass is 32.2. The van der Waals surface area contributed by atoms with E-state index < -0.39 is 22.1 Å². The van der Waals surface area contributed by atoms with Crippen molar-refractivity contribution in [2.45, 2.75) is 16.6 Å². The number of nitro benzene ring substituents is 1. The van der Waals surface area contributed by atoms with E-state index in [1.165, 1.54) is 30.9 Å². The first-order valence-corrected chi connectivity index (χ1v) is 9.83. The number of aromatic hydroxyl groups is 1. The molecule has 2 heterocycles. The lowest BCUT2D eigenvalue weighted by atomic mass is 10.0. The van der Waals surface area contributed by atoms with Gasteiger partial charge in [0.15, 0.2) is 0 Å². The summed E-state index contributed by atoms with van der Waals surface area (Å²) in [6.45, 7) is 0. The number of non-ortho nitro benzene ring substituents is 1. The molecule has 0 unspecified atom stereocenters. The summed E-state index contributed by atoms with van der Waals surface area (Å²) in [6, 6.07) is 13.6. The van der Waals surface area contributed by atoms with Crippen molar-refractivity contribution >= 4 is 28.8 Å². The number of fused-ring (bicyclic) bond motifs is 1. The number of aromatic nitrogens is 2. The Morgan fingerprint density at radius 3 is 2.77 bits per heavy atom. The number of thioether (sulfide) groups is 1. The van der Waals surface area contributed by atoms with Crippen LogP contribution in [0.1, 0.15) is 22.8 Å². The quantitative estimate of drug-likeness (QED) is 0.491. The Morgan fingerprint density at radius 1 is 1.23 bits per heavy atom. The van der Waals surface area contributed by atoms with Crippen molar-refractivity contribution in [2.75, 3.05) is 0 Å². The number of para-hydroxylation sites is 1. The number of H-pyrrole nitrogens is 1. The smallest absolute Gasteiger partial charge is 0.330 e. The van der Waals surface area contributed by atoms with E-state index in [0.717, 1.165) is 9.46 Å². The second-order valence-electron chi connectivity index (χ2n) is 6.71. The van der Waals surface area contributed by atoms with Crippen LogP contribution in [-0.4, -0.2) is 25.3 Å². The number of nitrogens with zero attached hydrogens (tertiary/aromatic N) is 3. The molecule has 9 nitrogen and oxygen atoms in total. The molecule has 1 aliphatic heterocycles. The molecule has 1 aromatic heterocycles. The van der Waals surface area contributed by atoms with E-state index in [2.05, 4.69) is 9.98 Å². The molecule has 1 aliphatic rings. The summed E-state index contributed by atoms with van der Waals surface area (Å²) in [6.07, 6.45) is 0.218. The second kappa shape index (κ2) is 7.64. The van der Waals surface area contributed by atoms with Crippen LogP contribution in [0, 0.1) is 10.1 Å². The summed E-state index contributed by atoms with van der Waals surface area (Å²) in [4.78, 5) is 42.7. The van der Waals surface area contributed by atoms with Crippen LogP contribution in [0.25, 0.3) is 0 Å². The lowest BCUT2D eigenvalue weighted by molar-refractivity contribution is -0.384. The second-order valence-corrected chi connectivity index (χ2v) is 7.95. The fourth-order valence-corrected chi connectivity index (χ4v) is 4.48. The molecule has 2 N–H and O–H groups in total. The summed E-state index contributed by atoms with van der Waals surface area (Å²) in [5.74, 6) is -0.482. The number of benzene rings is 2. The third-order valence-corrected chi connectivity index (χ3v) is 6.13. The first-order chi connectivity index (χ1) is 14.3. The van der Waals surface area contributed by atoms with E-state index in [9.17, 15) is 24.8 Å². The van der Waals surface area contributed by atoms with Crippen molar-refractivity contribution in [3.8, 4) is 5.88 Å². The van der Waals surface area contributed by atoms with Crippen molar-refractivity contribution < 1.29 is 10.0 Å². The first-order valence-electron chi connectivity index (χ1n) is 8.95. The molecule has 0 saturated carbocycles. The largest absolute Gasteiger partial charge is 0.494 e. The molecule has 152 valence electrons. The van der Waals surface area contributed by atoms with Crippen molar-refractivity contribution in [2.24, 2.45) is 12.0 Å². The highest BCUT2D eigenvalue weighted by molar-refractivity contribution is 7.99.